The fraction of sp³-hybridized carbons (Fsp3) is 0.500. The Labute approximate surface area is 113 Å². The Morgan fingerprint density at radius 3 is 2.90 bits per heavy atom. The molecule has 0 spiro atoms. The summed E-state index contributed by atoms with van der Waals surface area (Å²) in [4.78, 5) is 35.3. The molecule has 2 rings (SSSR count). The first-order valence-corrected chi connectivity index (χ1v) is 5.79. The molecular weight excluding hydrogens is 270 g/mol. The molecule has 0 aromatic carbocycles. The van der Waals surface area contributed by atoms with E-state index < -0.39 is 30.4 Å². The highest BCUT2D eigenvalue weighted by Crippen LogP contribution is 2.10. The first-order valence-electron chi connectivity index (χ1n) is 5.79. The molecule has 0 radical (unpaired) electrons. The van der Waals surface area contributed by atoms with Gasteiger partial charge in [-0.25, -0.2) is 4.68 Å². The van der Waals surface area contributed by atoms with Crippen LogP contribution in [-0.2, 0) is 20.9 Å². The van der Waals surface area contributed by atoms with Crippen LogP contribution in [-0.4, -0.2) is 68.6 Å². The first kappa shape index (κ1) is 13.9. The third-order valence-corrected chi connectivity index (χ3v) is 2.77. The highest BCUT2D eigenvalue weighted by atomic mass is 16.5. The van der Waals surface area contributed by atoms with Gasteiger partial charge in [0.2, 0.25) is 5.91 Å². The van der Waals surface area contributed by atoms with Gasteiger partial charge in [0, 0.05) is 6.54 Å². The number of carbonyl (C=O) groups excluding carboxylic acids is 2. The molecule has 10 nitrogen and oxygen atoms in total. The maximum absolute atomic E-state index is 12.2. The molecule has 1 fully saturated rings. The van der Waals surface area contributed by atoms with Gasteiger partial charge in [0.05, 0.1) is 19.4 Å². The Hall–Kier alpha value is -2.49. The summed E-state index contributed by atoms with van der Waals surface area (Å²) in [6.45, 7) is 0.129. The standard InChI is InChI=1S/C10H13N5O5/c11-9(18)7-5-20-2-1-15(7)10(19)6-3-14(13-12-6)4-8(16)17/h3,7H,1-2,4-5H2,(H2,11,18)(H,16,17). The van der Waals surface area contributed by atoms with Crippen LogP contribution in [0.4, 0.5) is 0 Å². The second-order valence-electron chi connectivity index (χ2n) is 4.19. The number of nitrogens with two attached hydrogens (primary N) is 1. The second-order valence-corrected chi connectivity index (χ2v) is 4.19. The van der Waals surface area contributed by atoms with E-state index in [4.69, 9.17) is 15.6 Å². The summed E-state index contributed by atoms with van der Waals surface area (Å²) >= 11 is 0. The maximum Gasteiger partial charge on any atom is 0.325 e. The second kappa shape index (κ2) is 5.65. The molecule has 0 aliphatic carbocycles. The number of hydrogen-bond acceptors (Lipinski definition) is 6. The maximum atomic E-state index is 12.2. The Bertz CT molecular complexity index is 542. The Morgan fingerprint density at radius 2 is 2.25 bits per heavy atom. The van der Waals surface area contributed by atoms with E-state index in [9.17, 15) is 14.4 Å². The Kier molecular flexibility index (Phi) is 3.94. The van der Waals surface area contributed by atoms with E-state index in [1.54, 1.807) is 0 Å². The van der Waals surface area contributed by atoms with E-state index in [-0.39, 0.29) is 18.8 Å². The third-order valence-electron chi connectivity index (χ3n) is 2.77. The molecular formula is C10H13N5O5. The minimum absolute atomic E-state index is 0.0321. The minimum Gasteiger partial charge on any atom is -0.480 e. The van der Waals surface area contributed by atoms with E-state index >= 15 is 0 Å². The van der Waals surface area contributed by atoms with Crippen LogP contribution < -0.4 is 5.73 Å². The van der Waals surface area contributed by atoms with Crippen molar-refractivity contribution in [1.29, 1.82) is 0 Å². The SMILES string of the molecule is NC(=O)C1COCCN1C(=O)c1cn(CC(=O)O)nn1. The number of morpholine rings is 1. The predicted octanol–water partition coefficient (Wildman–Crippen LogP) is -2.31. The molecule has 2 amide bonds. The largest absolute Gasteiger partial charge is 0.480 e. The van der Waals surface area contributed by atoms with Crippen LogP contribution in [0.15, 0.2) is 6.20 Å². The molecule has 0 saturated carbocycles. The van der Waals surface area contributed by atoms with Crippen LogP contribution in [0.5, 0.6) is 0 Å². The van der Waals surface area contributed by atoms with Crippen molar-refractivity contribution in [3.05, 3.63) is 11.9 Å². The topological polar surface area (TPSA) is 141 Å². The average molecular weight is 283 g/mol. The summed E-state index contributed by atoms with van der Waals surface area (Å²) < 4.78 is 6.13. The molecule has 1 aromatic rings. The summed E-state index contributed by atoms with van der Waals surface area (Å²) in [6, 6.07) is -0.860. The normalized spacial score (nSPS) is 18.8. The fourth-order valence-electron chi connectivity index (χ4n) is 1.84. The van der Waals surface area contributed by atoms with E-state index in [1.807, 2.05) is 0 Å². The van der Waals surface area contributed by atoms with Crippen molar-refractivity contribution in [3.63, 3.8) is 0 Å². The number of aliphatic carboxylic acids is 1. The lowest BCUT2D eigenvalue weighted by atomic mass is 10.2. The van der Waals surface area contributed by atoms with Crippen LogP contribution in [0.25, 0.3) is 0 Å². The summed E-state index contributed by atoms with van der Waals surface area (Å²) in [7, 11) is 0. The van der Waals surface area contributed by atoms with Gasteiger partial charge in [-0.15, -0.1) is 5.10 Å². The summed E-state index contributed by atoms with van der Waals surface area (Å²) in [5.41, 5.74) is 5.17. The van der Waals surface area contributed by atoms with Gasteiger partial charge in [-0.2, -0.15) is 0 Å². The number of ether oxygens (including phenoxy) is 1. The van der Waals surface area contributed by atoms with Gasteiger partial charge in [0.1, 0.15) is 12.6 Å². The number of carboxylic acid groups (broad SMARTS) is 1. The van der Waals surface area contributed by atoms with Crippen LogP contribution >= 0.6 is 0 Å². The molecule has 20 heavy (non-hydrogen) atoms. The van der Waals surface area contributed by atoms with Gasteiger partial charge >= 0.3 is 5.97 Å². The molecule has 2 heterocycles. The van der Waals surface area contributed by atoms with E-state index in [1.165, 1.54) is 11.1 Å². The molecule has 1 aliphatic heterocycles. The highest BCUT2D eigenvalue weighted by Gasteiger charge is 2.33. The minimum atomic E-state index is -1.10. The van der Waals surface area contributed by atoms with Crippen LogP contribution in [0, 0.1) is 0 Å². The lowest BCUT2D eigenvalue weighted by Crippen LogP contribution is -2.54. The molecule has 1 aromatic heterocycles. The third kappa shape index (κ3) is 2.91. The van der Waals surface area contributed by atoms with Gasteiger partial charge in [0.25, 0.3) is 5.91 Å². The molecule has 1 unspecified atom stereocenters. The van der Waals surface area contributed by atoms with Gasteiger partial charge < -0.3 is 20.5 Å². The Balaban J connectivity index is 2.14. The lowest BCUT2D eigenvalue weighted by molar-refractivity contribution is -0.138. The summed E-state index contributed by atoms with van der Waals surface area (Å²) in [6.07, 6.45) is 1.21. The van der Waals surface area contributed by atoms with Gasteiger partial charge in [-0.05, 0) is 0 Å². The van der Waals surface area contributed by atoms with Crippen LogP contribution in [0.3, 0.4) is 0 Å². The zero-order valence-corrected chi connectivity index (χ0v) is 10.4. The number of carboxylic acids is 1. The quantitative estimate of drug-likeness (QED) is 0.632. The zero-order valence-electron chi connectivity index (χ0n) is 10.4. The fourth-order valence-corrected chi connectivity index (χ4v) is 1.84. The lowest BCUT2D eigenvalue weighted by Gasteiger charge is -2.32. The average Bonchev–Trinajstić information content (AvgIpc) is 2.85. The van der Waals surface area contributed by atoms with Crippen LogP contribution in [0.1, 0.15) is 10.5 Å². The van der Waals surface area contributed by atoms with Gasteiger partial charge in [0.15, 0.2) is 5.69 Å². The van der Waals surface area contributed by atoms with Gasteiger partial charge in [-0.3, -0.25) is 14.4 Å². The summed E-state index contributed by atoms with van der Waals surface area (Å²) in [5.74, 6) is -2.31. The molecule has 0 bridgehead atoms. The molecule has 1 atom stereocenters. The van der Waals surface area contributed by atoms with Crippen molar-refractivity contribution < 1.29 is 24.2 Å². The molecule has 108 valence electrons. The first-order chi connectivity index (χ1) is 9.49. The van der Waals surface area contributed by atoms with E-state index in [0.29, 0.717) is 6.61 Å². The van der Waals surface area contributed by atoms with Crippen molar-refractivity contribution in [2.45, 2.75) is 12.6 Å². The number of rotatable bonds is 4. The monoisotopic (exact) mass is 283 g/mol. The zero-order chi connectivity index (χ0) is 14.7. The number of aromatic nitrogens is 3. The smallest absolute Gasteiger partial charge is 0.325 e. The summed E-state index contributed by atoms with van der Waals surface area (Å²) in [5, 5.41) is 15.8. The van der Waals surface area contributed by atoms with Crippen molar-refractivity contribution in [2.75, 3.05) is 19.8 Å². The number of primary amides is 1. The van der Waals surface area contributed by atoms with E-state index in [0.717, 1.165) is 4.68 Å². The molecule has 1 aliphatic rings. The van der Waals surface area contributed by atoms with Crippen molar-refractivity contribution in [3.8, 4) is 0 Å². The number of hydrogen-bond donors (Lipinski definition) is 2. The van der Waals surface area contributed by atoms with E-state index in [2.05, 4.69) is 10.3 Å². The molecule has 3 N–H and O–H groups in total. The number of carbonyl (C=O) groups is 3. The van der Waals surface area contributed by atoms with Crippen LogP contribution in [0.2, 0.25) is 0 Å². The predicted molar refractivity (Wildman–Crippen MR) is 62.5 cm³/mol. The Morgan fingerprint density at radius 1 is 1.50 bits per heavy atom. The van der Waals surface area contributed by atoms with Crippen molar-refractivity contribution >= 4 is 17.8 Å². The molecule has 10 heteroatoms. The molecule has 1 saturated heterocycles. The highest BCUT2D eigenvalue weighted by molar-refractivity contribution is 5.95. The van der Waals surface area contributed by atoms with Crippen molar-refractivity contribution in [1.82, 2.24) is 19.9 Å². The number of amides is 2. The van der Waals surface area contributed by atoms with Crippen molar-refractivity contribution in [2.24, 2.45) is 5.73 Å². The number of nitrogens with zero attached hydrogens (tertiary/aromatic N) is 4. The van der Waals surface area contributed by atoms with Gasteiger partial charge in [-0.1, -0.05) is 5.21 Å².